The fourth-order valence-corrected chi connectivity index (χ4v) is 4.06. The SMILES string of the molecule is CC(=O)NC[C@H]1CN(c2ccc(N3CCN(C(=O)C=Cc4ccc(N)cc4)CC3)c(F)c2)C(=O)O1. The van der Waals surface area contributed by atoms with Crippen molar-refractivity contribution in [3.8, 4) is 0 Å². The molecule has 4 rings (SSSR count). The summed E-state index contributed by atoms with van der Waals surface area (Å²) < 4.78 is 20.2. The maximum Gasteiger partial charge on any atom is 0.414 e. The molecule has 0 aliphatic carbocycles. The lowest BCUT2D eigenvalue weighted by Crippen LogP contribution is -2.48. The number of amides is 3. The lowest BCUT2D eigenvalue weighted by molar-refractivity contribution is -0.126. The molecule has 9 nitrogen and oxygen atoms in total. The van der Waals surface area contributed by atoms with Crippen molar-refractivity contribution >= 4 is 41.0 Å². The second-order valence-electron chi connectivity index (χ2n) is 8.50. The predicted molar refractivity (Wildman–Crippen MR) is 131 cm³/mol. The van der Waals surface area contributed by atoms with Crippen LogP contribution in [0.1, 0.15) is 12.5 Å². The average molecular weight is 482 g/mol. The number of nitrogens with two attached hydrogens (primary N) is 1. The van der Waals surface area contributed by atoms with Gasteiger partial charge in [-0.25, -0.2) is 9.18 Å². The molecule has 2 fully saturated rings. The number of nitrogens with zero attached hydrogens (tertiary/aromatic N) is 3. The number of carbonyl (C=O) groups excluding carboxylic acids is 3. The first-order valence-corrected chi connectivity index (χ1v) is 11.4. The highest BCUT2D eigenvalue weighted by molar-refractivity contribution is 5.92. The first-order chi connectivity index (χ1) is 16.8. The zero-order chi connectivity index (χ0) is 24.9. The van der Waals surface area contributed by atoms with Gasteiger partial charge in [0.15, 0.2) is 0 Å². The van der Waals surface area contributed by atoms with Crippen molar-refractivity contribution in [2.75, 3.05) is 54.8 Å². The number of benzene rings is 2. The first kappa shape index (κ1) is 24.1. The van der Waals surface area contributed by atoms with Crippen molar-refractivity contribution in [1.29, 1.82) is 0 Å². The number of carbonyl (C=O) groups is 3. The quantitative estimate of drug-likeness (QED) is 0.484. The van der Waals surface area contributed by atoms with E-state index in [0.29, 0.717) is 43.2 Å². The average Bonchev–Trinajstić information content (AvgIpc) is 3.22. The molecule has 3 amide bonds. The van der Waals surface area contributed by atoms with E-state index in [0.717, 1.165) is 5.56 Å². The zero-order valence-electron chi connectivity index (χ0n) is 19.4. The maximum absolute atomic E-state index is 15.0. The third-order valence-corrected chi connectivity index (χ3v) is 5.98. The van der Waals surface area contributed by atoms with E-state index in [9.17, 15) is 18.8 Å². The molecule has 2 aliphatic rings. The van der Waals surface area contributed by atoms with E-state index in [4.69, 9.17) is 10.5 Å². The molecule has 0 aromatic heterocycles. The molecular formula is C25H28FN5O4. The van der Waals surface area contributed by atoms with Crippen LogP contribution < -0.4 is 20.9 Å². The number of anilines is 3. The van der Waals surface area contributed by atoms with Gasteiger partial charge in [-0.1, -0.05) is 12.1 Å². The second-order valence-corrected chi connectivity index (χ2v) is 8.50. The Morgan fingerprint density at radius 3 is 2.51 bits per heavy atom. The Bertz CT molecular complexity index is 1130. The lowest BCUT2D eigenvalue weighted by Gasteiger charge is -2.36. The number of piperazine rings is 1. The largest absolute Gasteiger partial charge is 0.442 e. The number of rotatable bonds is 6. The van der Waals surface area contributed by atoms with Crippen molar-refractivity contribution < 1.29 is 23.5 Å². The topological polar surface area (TPSA) is 108 Å². The van der Waals surface area contributed by atoms with Gasteiger partial charge in [-0.15, -0.1) is 0 Å². The second kappa shape index (κ2) is 10.5. The number of nitrogen functional groups attached to an aromatic ring is 1. The Morgan fingerprint density at radius 1 is 1.14 bits per heavy atom. The minimum atomic E-state index is -0.577. The number of hydrogen-bond donors (Lipinski definition) is 2. The Morgan fingerprint density at radius 2 is 1.86 bits per heavy atom. The van der Waals surface area contributed by atoms with Crippen molar-refractivity contribution in [1.82, 2.24) is 10.2 Å². The highest BCUT2D eigenvalue weighted by Gasteiger charge is 2.33. The van der Waals surface area contributed by atoms with E-state index < -0.39 is 18.0 Å². The van der Waals surface area contributed by atoms with Crippen molar-refractivity contribution in [2.24, 2.45) is 0 Å². The molecule has 2 aromatic rings. The minimum Gasteiger partial charge on any atom is -0.442 e. The summed E-state index contributed by atoms with van der Waals surface area (Å²) in [6, 6.07) is 11.9. The third kappa shape index (κ3) is 5.89. The van der Waals surface area contributed by atoms with Gasteiger partial charge in [-0.2, -0.15) is 0 Å². The monoisotopic (exact) mass is 481 g/mol. The molecule has 35 heavy (non-hydrogen) atoms. The predicted octanol–water partition coefficient (Wildman–Crippen LogP) is 2.23. The van der Waals surface area contributed by atoms with Crippen LogP contribution in [-0.4, -0.2) is 68.2 Å². The van der Waals surface area contributed by atoms with Gasteiger partial charge in [0.1, 0.15) is 11.9 Å². The number of halogens is 1. The molecule has 0 radical (unpaired) electrons. The van der Waals surface area contributed by atoms with Gasteiger partial charge in [0.25, 0.3) is 0 Å². The molecule has 2 heterocycles. The summed E-state index contributed by atoms with van der Waals surface area (Å²) >= 11 is 0. The summed E-state index contributed by atoms with van der Waals surface area (Å²) in [7, 11) is 0. The summed E-state index contributed by atoms with van der Waals surface area (Å²) in [6.07, 6.45) is 2.21. The summed E-state index contributed by atoms with van der Waals surface area (Å²) in [5, 5.41) is 2.61. The van der Waals surface area contributed by atoms with Crippen LogP contribution in [0.3, 0.4) is 0 Å². The third-order valence-electron chi connectivity index (χ3n) is 5.98. The number of ether oxygens (including phenoxy) is 1. The van der Waals surface area contributed by atoms with Crippen LogP contribution in [0.25, 0.3) is 6.08 Å². The Balaban J connectivity index is 1.33. The van der Waals surface area contributed by atoms with Gasteiger partial charge < -0.3 is 25.6 Å². The van der Waals surface area contributed by atoms with E-state index in [2.05, 4.69) is 5.32 Å². The molecular weight excluding hydrogens is 453 g/mol. The van der Waals surface area contributed by atoms with Gasteiger partial charge in [0.2, 0.25) is 11.8 Å². The molecule has 2 saturated heterocycles. The van der Waals surface area contributed by atoms with E-state index in [-0.39, 0.29) is 24.9 Å². The zero-order valence-corrected chi connectivity index (χ0v) is 19.4. The summed E-state index contributed by atoms with van der Waals surface area (Å²) in [5.41, 5.74) is 8.03. The molecule has 0 saturated carbocycles. The smallest absolute Gasteiger partial charge is 0.414 e. The van der Waals surface area contributed by atoms with E-state index in [1.807, 2.05) is 17.0 Å². The molecule has 0 bridgehead atoms. The normalized spacial score (nSPS) is 18.2. The molecule has 3 N–H and O–H groups in total. The fraction of sp³-hybridized carbons (Fsp3) is 0.320. The highest BCUT2D eigenvalue weighted by atomic mass is 19.1. The first-order valence-electron chi connectivity index (χ1n) is 11.4. The standard InChI is InChI=1S/C25H28FN5O4/c1-17(32)28-15-21-16-31(25(34)35-21)20-7-8-23(22(26)14-20)29-10-12-30(13-11-29)24(33)9-4-18-2-5-19(27)6-3-18/h2-9,14,21H,10-13,15-16,27H2,1H3,(H,28,32)/t21-/m0/s1. The maximum atomic E-state index is 15.0. The summed E-state index contributed by atoms with van der Waals surface area (Å²) in [5.74, 6) is -0.767. The summed E-state index contributed by atoms with van der Waals surface area (Å²) in [6.45, 7) is 3.73. The molecule has 2 aromatic carbocycles. The van der Waals surface area contributed by atoms with Crippen molar-refractivity contribution in [3.05, 3.63) is 59.9 Å². The van der Waals surface area contributed by atoms with Crippen LogP contribution in [0.15, 0.2) is 48.5 Å². The Labute approximate surface area is 202 Å². The summed E-state index contributed by atoms with van der Waals surface area (Å²) in [4.78, 5) is 40.8. The minimum absolute atomic E-state index is 0.0985. The van der Waals surface area contributed by atoms with Gasteiger partial charge in [0.05, 0.1) is 24.5 Å². The van der Waals surface area contributed by atoms with Gasteiger partial charge >= 0.3 is 6.09 Å². The van der Waals surface area contributed by atoms with E-state index in [1.54, 1.807) is 35.2 Å². The van der Waals surface area contributed by atoms with Gasteiger partial charge in [0, 0.05) is 44.9 Å². The highest BCUT2D eigenvalue weighted by Crippen LogP contribution is 2.28. The fourth-order valence-electron chi connectivity index (χ4n) is 4.06. The molecule has 1 atom stereocenters. The van der Waals surface area contributed by atoms with Crippen LogP contribution in [0.4, 0.5) is 26.2 Å². The molecule has 0 spiro atoms. The van der Waals surface area contributed by atoms with E-state index >= 15 is 0 Å². The van der Waals surface area contributed by atoms with Crippen LogP contribution in [0.5, 0.6) is 0 Å². The van der Waals surface area contributed by atoms with Crippen LogP contribution in [0, 0.1) is 5.82 Å². The van der Waals surface area contributed by atoms with Crippen LogP contribution in [0.2, 0.25) is 0 Å². The van der Waals surface area contributed by atoms with Gasteiger partial charge in [-0.05, 0) is 42.0 Å². The lowest BCUT2D eigenvalue weighted by atomic mass is 10.2. The van der Waals surface area contributed by atoms with Crippen LogP contribution >= 0.6 is 0 Å². The number of cyclic esters (lactones) is 1. The number of nitrogens with one attached hydrogen (secondary N) is 1. The van der Waals surface area contributed by atoms with Crippen molar-refractivity contribution in [2.45, 2.75) is 13.0 Å². The molecule has 10 heteroatoms. The number of hydrogen-bond acceptors (Lipinski definition) is 6. The van der Waals surface area contributed by atoms with E-state index in [1.165, 1.54) is 24.0 Å². The molecule has 0 unspecified atom stereocenters. The van der Waals surface area contributed by atoms with Crippen molar-refractivity contribution in [3.63, 3.8) is 0 Å². The molecule has 184 valence electrons. The molecule has 2 aliphatic heterocycles. The Hall–Kier alpha value is -4.08. The van der Waals surface area contributed by atoms with Gasteiger partial charge in [-0.3, -0.25) is 14.5 Å². The Kier molecular flexibility index (Phi) is 7.19. The van der Waals surface area contributed by atoms with Crippen LogP contribution in [-0.2, 0) is 14.3 Å².